The first kappa shape index (κ1) is 24.2. The van der Waals surface area contributed by atoms with Gasteiger partial charge in [0.05, 0.1) is 28.3 Å². The van der Waals surface area contributed by atoms with Gasteiger partial charge in [-0.3, -0.25) is 9.48 Å². The number of amides is 1. The number of rotatable bonds is 6. The highest BCUT2D eigenvalue weighted by atomic mass is 79.9. The summed E-state index contributed by atoms with van der Waals surface area (Å²) in [7, 11) is -3.68. The highest BCUT2D eigenvalue weighted by Crippen LogP contribution is 2.47. The first-order chi connectivity index (χ1) is 15.5. The Balaban J connectivity index is 1.51. The first-order valence-electron chi connectivity index (χ1n) is 10.3. The zero-order chi connectivity index (χ0) is 24.0. The van der Waals surface area contributed by atoms with Gasteiger partial charge in [0.1, 0.15) is 6.04 Å². The van der Waals surface area contributed by atoms with Crippen molar-refractivity contribution in [2.75, 3.05) is 31.6 Å². The van der Waals surface area contributed by atoms with Crippen molar-refractivity contribution in [3.8, 4) is 0 Å². The van der Waals surface area contributed by atoms with E-state index in [2.05, 4.69) is 26.3 Å². The van der Waals surface area contributed by atoms with Crippen molar-refractivity contribution in [3.05, 3.63) is 40.1 Å². The zero-order valence-electron chi connectivity index (χ0n) is 17.6. The Morgan fingerprint density at radius 2 is 1.82 bits per heavy atom. The molecule has 4 rings (SSSR count). The smallest absolute Gasteiger partial charge is 0.379 e. The molecule has 0 spiro atoms. The molecule has 1 saturated heterocycles. The predicted octanol–water partition coefficient (Wildman–Crippen LogP) is 3.76. The van der Waals surface area contributed by atoms with Crippen molar-refractivity contribution in [1.29, 1.82) is 0 Å². The molecule has 1 N–H and O–H groups in total. The Hall–Kier alpha value is -1.96. The van der Waals surface area contributed by atoms with Crippen molar-refractivity contribution in [3.63, 3.8) is 0 Å². The summed E-state index contributed by atoms with van der Waals surface area (Å²) in [6, 6.07) is 4.64. The Morgan fingerprint density at radius 1 is 1.21 bits per heavy atom. The second-order valence-electron chi connectivity index (χ2n) is 7.97. The van der Waals surface area contributed by atoms with Crippen LogP contribution >= 0.6 is 15.9 Å². The lowest BCUT2D eigenvalue weighted by molar-refractivity contribution is -0.142. The summed E-state index contributed by atoms with van der Waals surface area (Å²) >= 11 is 3.02. The SMILES string of the molecule is CC(C(=O)Nc1ccc(S(=O)(=O)N2CCOCC2)cc1)n1nc(C(F)(F)F)c(Br)c1C1CC1. The van der Waals surface area contributed by atoms with Gasteiger partial charge in [-0.15, -0.1) is 0 Å². The Bertz CT molecular complexity index is 1140. The molecule has 2 aliphatic rings. The molecule has 13 heteroatoms. The van der Waals surface area contributed by atoms with Gasteiger partial charge < -0.3 is 10.1 Å². The van der Waals surface area contributed by atoms with E-state index in [1.807, 2.05) is 0 Å². The number of anilines is 1. The lowest BCUT2D eigenvalue weighted by Crippen LogP contribution is -2.40. The minimum absolute atomic E-state index is 0.0806. The average molecular weight is 551 g/mol. The molecule has 2 aromatic rings. The molecular formula is C20H22BrF3N4O4S. The number of morpholine rings is 1. The molecule has 1 unspecified atom stereocenters. The van der Waals surface area contributed by atoms with Crippen molar-refractivity contribution >= 4 is 37.5 Å². The maximum Gasteiger partial charge on any atom is 0.436 e. The zero-order valence-corrected chi connectivity index (χ0v) is 20.0. The highest BCUT2D eigenvalue weighted by molar-refractivity contribution is 9.10. The summed E-state index contributed by atoms with van der Waals surface area (Å²) in [5, 5.41) is 6.32. The van der Waals surface area contributed by atoms with Crippen LogP contribution in [0.1, 0.15) is 43.1 Å². The standard InChI is InChI=1S/C20H22BrF3N4O4S/c1-12(28-17(13-2-3-13)16(21)18(26-28)20(22,23)24)19(29)25-14-4-6-15(7-5-14)33(30,31)27-8-10-32-11-9-27/h4-7,12-13H,2-3,8-11H2,1H3,(H,25,29). The monoisotopic (exact) mass is 550 g/mol. The number of hydrogen-bond donors (Lipinski definition) is 1. The minimum Gasteiger partial charge on any atom is -0.379 e. The van der Waals surface area contributed by atoms with Gasteiger partial charge >= 0.3 is 6.18 Å². The minimum atomic E-state index is -4.65. The fourth-order valence-electron chi connectivity index (χ4n) is 3.63. The van der Waals surface area contributed by atoms with Gasteiger partial charge in [-0.1, -0.05) is 0 Å². The molecule has 1 aromatic carbocycles. The molecule has 1 amide bonds. The number of hydrogen-bond acceptors (Lipinski definition) is 5. The topological polar surface area (TPSA) is 93.5 Å². The molecule has 33 heavy (non-hydrogen) atoms. The van der Waals surface area contributed by atoms with Crippen LogP contribution in [-0.2, 0) is 25.7 Å². The fourth-order valence-corrected chi connectivity index (χ4v) is 5.85. The summed E-state index contributed by atoms with van der Waals surface area (Å²) in [4.78, 5) is 12.9. The van der Waals surface area contributed by atoms with Crippen LogP contribution in [0.5, 0.6) is 0 Å². The van der Waals surface area contributed by atoms with E-state index in [1.54, 1.807) is 0 Å². The average Bonchev–Trinajstić information content (AvgIpc) is 3.55. The number of nitrogens with zero attached hydrogens (tertiary/aromatic N) is 3. The van der Waals surface area contributed by atoms with Gasteiger partial charge in [0.25, 0.3) is 0 Å². The summed E-state index contributed by atoms with van der Waals surface area (Å²) in [5.41, 5.74) is -0.373. The summed E-state index contributed by atoms with van der Waals surface area (Å²) < 4.78 is 72.9. The fraction of sp³-hybridized carbons (Fsp3) is 0.500. The lowest BCUT2D eigenvalue weighted by Gasteiger charge is -2.26. The number of carbonyl (C=O) groups excluding carboxylic acids is 1. The summed E-state index contributed by atoms with van der Waals surface area (Å²) in [6.45, 7) is 2.65. The van der Waals surface area contributed by atoms with E-state index < -0.39 is 33.8 Å². The molecule has 1 aromatic heterocycles. The van der Waals surface area contributed by atoms with Gasteiger partial charge in [0, 0.05) is 24.7 Å². The molecule has 1 saturated carbocycles. The van der Waals surface area contributed by atoms with Crippen molar-refractivity contribution < 1.29 is 31.1 Å². The molecule has 1 aliphatic carbocycles. The van der Waals surface area contributed by atoms with Crippen LogP contribution in [0.25, 0.3) is 0 Å². The molecule has 2 fully saturated rings. The molecule has 2 heterocycles. The maximum atomic E-state index is 13.3. The highest BCUT2D eigenvalue weighted by Gasteiger charge is 2.43. The van der Waals surface area contributed by atoms with E-state index in [0.29, 0.717) is 24.6 Å². The van der Waals surface area contributed by atoms with Gasteiger partial charge in [-0.25, -0.2) is 8.42 Å². The lowest BCUT2D eigenvalue weighted by atomic mass is 10.2. The van der Waals surface area contributed by atoms with E-state index in [1.165, 1.54) is 35.5 Å². The predicted molar refractivity (Wildman–Crippen MR) is 116 cm³/mol. The summed E-state index contributed by atoms with van der Waals surface area (Å²) in [5.74, 6) is -0.646. The van der Waals surface area contributed by atoms with Gasteiger partial charge in [-0.2, -0.15) is 22.6 Å². The van der Waals surface area contributed by atoms with Crippen LogP contribution in [0.2, 0.25) is 0 Å². The first-order valence-corrected chi connectivity index (χ1v) is 12.6. The molecule has 1 atom stereocenters. The second-order valence-corrected chi connectivity index (χ2v) is 10.7. The molecular weight excluding hydrogens is 529 g/mol. The largest absolute Gasteiger partial charge is 0.436 e. The van der Waals surface area contributed by atoms with Crippen LogP contribution in [-0.4, -0.2) is 54.7 Å². The number of carbonyl (C=O) groups is 1. The van der Waals surface area contributed by atoms with Gasteiger partial charge in [0.15, 0.2) is 5.69 Å². The van der Waals surface area contributed by atoms with Crippen molar-refractivity contribution in [2.45, 2.75) is 42.8 Å². The van der Waals surface area contributed by atoms with Crippen molar-refractivity contribution in [2.24, 2.45) is 0 Å². The molecule has 0 bridgehead atoms. The van der Waals surface area contributed by atoms with E-state index in [0.717, 1.165) is 17.5 Å². The molecule has 180 valence electrons. The third kappa shape index (κ3) is 4.96. The van der Waals surface area contributed by atoms with E-state index in [4.69, 9.17) is 4.74 Å². The maximum absolute atomic E-state index is 13.3. The van der Waals surface area contributed by atoms with Crippen LogP contribution in [0.4, 0.5) is 18.9 Å². The molecule has 1 aliphatic heterocycles. The van der Waals surface area contributed by atoms with Crippen LogP contribution in [0.3, 0.4) is 0 Å². The third-order valence-corrected chi connectivity index (χ3v) is 8.29. The second kappa shape index (κ2) is 9.01. The summed E-state index contributed by atoms with van der Waals surface area (Å²) in [6.07, 6.45) is -3.18. The van der Waals surface area contributed by atoms with Crippen molar-refractivity contribution in [1.82, 2.24) is 14.1 Å². The van der Waals surface area contributed by atoms with E-state index in [9.17, 15) is 26.4 Å². The molecule has 8 nitrogen and oxygen atoms in total. The number of alkyl halides is 3. The number of halogens is 4. The quantitative estimate of drug-likeness (QED) is 0.591. The number of sulfonamides is 1. The Kier molecular flexibility index (Phi) is 6.60. The van der Waals surface area contributed by atoms with E-state index in [-0.39, 0.29) is 28.4 Å². The number of aromatic nitrogens is 2. The van der Waals surface area contributed by atoms with Crippen LogP contribution < -0.4 is 5.32 Å². The van der Waals surface area contributed by atoms with E-state index >= 15 is 0 Å². The van der Waals surface area contributed by atoms with Gasteiger partial charge in [-0.05, 0) is 60.0 Å². The van der Waals surface area contributed by atoms with Crippen LogP contribution in [0, 0.1) is 0 Å². The van der Waals surface area contributed by atoms with Gasteiger partial charge in [0.2, 0.25) is 15.9 Å². The Morgan fingerprint density at radius 3 is 2.36 bits per heavy atom. The Labute approximate surface area is 197 Å². The number of ether oxygens (including phenoxy) is 1. The normalized spacial score (nSPS) is 18.8. The molecule has 0 radical (unpaired) electrons. The van der Waals surface area contributed by atoms with Crippen LogP contribution in [0.15, 0.2) is 33.6 Å². The third-order valence-electron chi connectivity index (χ3n) is 5.60. The number of benzene rings is 1. The number of nitrogens with one attached hydrogen (secondary N) is 1.